The Morgan fingerprint density at radius 2 is 1.96 bits per heavy atom. The summed E-state index contributed by atoms with van der Waals surface area (Å²) in [6.07, 6.45) is 4.33. The molecule has 1 aromatic carbocycles. The first kappa shape index (κ1) is 23.2. The molecule has 2 N–H and O–H groups in total. The van der Waals surface area contributed by atoms with Crippen LogP contribution in [0.2, 0.25) is 0 Å². The van der Waals surface area contributed by atoms with Crippen LogP contribution in [0.1, 0.15) is 37.8 Å². The number of hydrogen-bond donors (Lipinski definition) is 2. The summed E-state index contributed by atoms with van der Waals surface area (Å²) in [7, 11) is 0. The van der Waals surface area contributed by atoms with Gasteiger partial charge in [0.25, 0.3) is 0 Å². The van der Waals surface area contributed by atoms with Crippen LogP contribution < -0.4 is 10.6 Å². The van der Waals surface area contributed by atoms with Crippen molar-refractivity contribution in [1.82, 2.24) is 10.6 Å². The first-order valence-electron chi connectivity index (χ1n) is 9.61. The van der Waals surface area contributed by atoms with Crippen molar-refractivity contribution in [3.8, 4) is 0 Å². The van der Waals surface area contributed by atoms with Gasteiger partial charge in [0.05, 0.1) is 12.7 Å². The number of aliphatic imine (C=N–C) groups is 1. The van der Waals surface area contributed by atoms with Gasteiger partial charge in [-0.1, -0.05) is 31.2 Å². The fourth-order valence-corrected chi connectivity index (χ4v) is 2.76. The highest BCUT2D eigenvalue weighted by molar-refractivity contribution is 14.0. The number of benzene rings is 1. The Balaban J connectivity index is 0.00000338. The van der Waals surface area contributed by atoms with Crippen molar-refractivity contribution in [2.24, 2.45) is 4.99 Å². The number of guanidine groups is 1. The first-order chi connectivity index (χ1) is 12.3. The lowest BCUT2D eigenvalue weighted by Gasteiger charge is -2.12. The fourth-order valence-electron chi connectivity index (χ4n) is 2.76. The number of nitrogens with one attached hydrogen (secondary N) is 2. The molecule has 1 fully saturated rings. The number of rotatable bonds is 10. The lowest BCUT2D eigenvalue weighted by molar-refractivity contribution is 0.0424. The summed E-state index contributed by atoms with van der Waals surface area (Å²) in [4.78, 5) is 4.62. The van der Waals surface area contributed by atoms with E-state index in [9.17, 15) is 0 Å². The zero-order chi connectivity index (χ0) is 17.7. The molecule has 0 radical (unpaired) electrons. The summed E-state index contributed by atoms with van der Waals surface area (Å²) in [5, 5.41) is 6.71. The van der Waals surface area contributed by atoms with Gasteiger partial charge in [-0.15, -0.1) is 24.0 Å². The Bertz CT molecular complexity index is 502. The highest BCUT2D eigenvalue weighted by Gasteiger charge is 2.15. The molecule has 0 saturated carbocycles. The maximum Gasteiger partial charge on any atom is 0.191 e. The van der Waals surface area contributed by atoms with Crippen LogP contribution in [0, 0.1) is 0 Å². The minimum absolute atomic E-state index is 0. The van der Waals surface area contributed by atoms with Gasteiger partial charge in [0.1, 0.15) is 0 Å². The van der Waals surface area contributed by atoms with Gasteiger partial charge in [0, 0.05) is 32.8 Å². The predicted octanol–water partition coefficient (Wildman–Crippen LogP) is 3.16. The molecule has 0 aliphatic carbocycles. The highest BCUT2D eigenvalue weighted by atomic mass is 127. The molecule has 0 spiro atoms. The van der Waals surface area contributed by atoms with Gasteiger partial charge in [0.2, 0.25) is 0 Å². The molecule has 0 aromatic heterocycles. The van der Waals surface area contributed by atoms with Crippen molar-refractivity contribution in [1.29, 1.82) is 0 Å². The zero-order valence-electron chi connectivity index (χ0n) is 16.1. The van der Waals surface area contributed by atoms with E-state index in [1.54, 1.807) is 0 Å². The topological polar surface area (TPSA) is 54.9 Å². The molecule has 26 heavy (non-hydrogen) atoms. The van der Waals surface area contributed by atoms with Gasteiger partial charge in [-0.05, 0) is 43.7 Å². The SMILES string of the molecule is CCNC(=NCCCOC1CCOC1)NCCc1ccc(CC)cc1.I. The Morgan fingerprint density at radius 1 is 1.19 bits per heavy atom. The van der Waals surface area contributed by atoms with Crippen LogP contribution in [0.3, 0.4) is 0 Å². The lowest BCUT2D eigenvalue weighted by Crippen LogP contribution is -2.38. The molecule has 1 aliphatic heterocycles. The van der Waals surface area contributed by atoms with E-state index >= 15 is 0 Å². The van der Waals surface area contributed by atoms with E-state index in [0.29, 0.717) is 0 Å². The van der Waals surface area contributed by atoms with Gasteiger partial charge in [0.15, 0.2) is 5.96 Å². The lowest BCUT2D eigenvalue weighted by atomic mass is 10.1. The van der Waals surface area contributed by atoms with Crippen molar-refractivity contribution in [2.75, 3.05) is 39.5 Å². The second-order valence-corrected chi connectivity index (χ2v) is 6.32. The largest absolute Gasteiger partial charge is 0.379 e. The number of nitrogens with zero attached hydrogens (tertiary/aromatic N) is 1. The van der Waals surface area contributed by atoms with Crippen molar-refractivity contribution >= 4 is 29.9 Å². The highest BCUT2D eigenvalue weighted by Crippen LogP contribution is 2.08. The monoisotopic (exact) mass is 475 g/mol. The maximum atomic E-state index is 5.77. The van der Waals surface area contributed by atoms with E-state index in [4.69, 9.17) is 9.47 Å². The molecular formula is C20H34IN3O2. The normalized spacial score (nSPS) is 17.0. The summed E-state index contributed by atoms with van der Waals surface area (Å²) in [6.45, 7) is 9.12. The molecule has 1 atom stereocenters. The van der Waals surface area contributed by atoms with Gasteiger partial charge in [-0.2, -0.15) is 0 Å². The number of halogens is 1. The number of hydrogen-bond acceptors (Lipinski definition) is 3. The molecule has 6 heteroatoms. The van der Waals surface area contributed by atoms with Crippen LogP contribution in [-0.2, 0) is 22.3 Å². The Morgan fingerprint density at radius 3 is 2.62 bits per heavy atom. The summed E-state index contributed by atoms with van der Waals surface area (Å²) >= 11 is 0. The van der Waals surface area contributed by atoms with Crippen molar-refractivity contribution in [3.63, 3.8) is 0 Å². The third-order valence-electron chi connectivity index (χ3n) is 4.30. The van der Waals surface area contributed by atoms with Crippen LogP contribution in [0.15, 0.2) is 29.3 Å². The molecule has 0 bridgehead atoms. The van der Waals surface area contributed by atoms with Crippen molar-refractivity contribution in [2.45, 2.75) is 45.6 Å². The predicted molar refractivity (Wildman–Crippen MR) is 119 cm³/mol. The summed E-state index contributed by atoms with van der Waals surface area (Å²) in [5.74, 6) is 0.886. The summed E-state index contributed by atoms with van der Waals surface area (Å²) in [5.41, 5.74) is 2.74. The second-order valence-electron chi connectivity index (χ2n) is 6.32. The smallest absolute Gasteiger partial charge is 0.191 e. The van der Waals surface area contributed by atoms with Crippen LogP contribution in [0.25, 0.3) is 0 Å². The third kappa shape index (κ3) is 9.19. The van der Waals surface area contributed by atoms with Crippen molar-refractivity contribution < 1.29 is 9.47 Å². The van der Waals surface area contributed by atoms with E-state index in [-0.39, 0.29) is 30.1 Å². The average molecular weight is 475 g/mol. The zero-order valence-corrected chi connectivity index (χ0v) is 18.5. The molecule has 1 aromatic rings. The molecule has 1 aliphatic rings. The van der Waals surface area contributed by atoms with E-state index in [1.165, 1.54) is 11.1 Å². The fraction of sp³-hybridized carbons (Fsp3) is 0.650. The van der Waals surface area contributed by atoms with Crippen molar-refractivity contribution in [3.05, 3.63) is 35.4 Å². The quantitative estimate of drug-likeness (QED) is 0.236. The van der Waals surface area contributed by atoms with Crippen LogP contribution in [0.5, 0.6) is 0 Å². The Hall–Kier alpha value is -0.860. The second kappa shape index (κ2) is 14.2. The van der Waals surface area contributed by atoms with Crippen LogP contribution >= 0.6 is 24.0 Å². The van der Waals surface area contributed by atoms with E-state index in [2.05, 4.69) is 53.7 Å². The molecule has 148 valence electrons. The van der Waals surface area contributed by atoms with Gasteiger partial charge < -0.3 is 20.1 Å². The van der Waals surface area contributed by atoms with Gasteiger partial charge >= 0.3 is 0 Å². The molecule has 1 unspecified atom stereocenters. The minimum Gasteiger partial charge on any atom is -0.379 e. The Kier molecular flexibility index (Phi) is 12.7. The molecule has 0 amide bonds. The van der Waals surface area contributed by atoms with Crippen LogP contribution in [0.4, 0.5) is 0 Å². The molecular weight excluding hydrogens is 441 g/mol. The third-order valence-corrected chi connectivity index (χ3v) is 4.30. The van der Waals surface area contributed by atoms with Gasteiger partial charge in [-0.3, -0.25) is 4.99 Å². The van der Waals surface area contributed by atoms with Gasteiger partial charge in [-0.25, -0.2) is 0 Å². The van der Waals surface area contributed by atoms with Crippen LogP contribution in [-0.4, -0.2) is 51.5 Å². The molecule has 1 saturated heterocycles. The van der Waals surface area contributed by atoms with E-state index < -0.39 is 0 Å². The molecule has 5 nitrogen and oxygen atoms in total. The summed E-state index contributed by atoms with van der Waals surface area (Å²) in [6, 6.07) is 8.86. The number of ether oxygens (including phenoxy) is 2. The molecule has 2 rings (SSSR count). The standard InChI is InChI=1S/C20H33N3O2.HI/c1-3-17-6-8-18(9-7-17)10-13-23-20(21-4-2)22-12-5-14-25-19-11-15-24-16-19;/h6-9,19H,3-5,10-16H2,1-2H3,(H2,21,22,23);1H. The van der Waals surface area contributed by atoms with E-state index in [0.717, 1.165) is 71.1 Å². The first-order valence-corrected chi connectivity index (χ1v) is 9.61. The Labute approximate surface area is 175 Å². The van der Waals surface area contributed by atoms with E-state index in [1.807, 2.05) is 0 Å². The summed E-state index contributed by atoms with van der Waals surface area (Å²) < 4.78 is 11.1. The minimum atomic E-state index is 0. The maximum absolute atomic E-state index is 5.77. The average Bonchev–Trinajstić information content (AvgIpc) is 3.15. The number of aryl methyl sites for hydroxylation is 1. The molecule has 1 heterocycles.